The summed E-state index contributed by atoms with van der Waals surface area (Å²) in [5.74, 6) is -0.416. The van der Waals surface area contributed by atoms with Crippen molar-refractivity contribution in [2.24, 2.45) is 0 Å². The fraction of sp³-hybridized carbons (Fsp3) is 0.118. The molecule has 0 bridgehead atoms. The fourth-order valence-electron chi connectivity index (χ4n) is 2.57. The molecular formula is C17H14O3S. The van der Waals surface area contributed by atoms with Crippen molar-refractivity contribution < 1.29 is 14.1 Å². The highest BCUT2D eigenvalue weighted by atomic mass is 32.2. The van der Waals surface area contributed by atoms with Crippen LogP contribution in [0.1, 0.15) is 23.1 Å². The summed E-state index contributed by atoms with van der Waals surface area (Å²) in [6, 6.07) is 15.3. The quantitative estimate of drug-likeness (QED) is 0.926. The van der Waals surface area contributed by atoms with Crippen LogP contribution in [0.2, 0.25) is 0 Å². The van der Waals surface area contributed by atoms with E-state index >= 15 is 0 Å². The van der Waals surface area contributed by atoms with Gasteiger partial charge in [0.25, 0.3) is 0 Å². The van der Waals surface area contributed by atoms with Gasteiger partial charge in [0.2, 0.25) is 0 Å². The van der Waals surface area contributed by atoms with Gasteiger partial charge in [-0.15, -0.1) is 0 Å². The standard InChI is InChI=1S/C17H14O3S/c18-17(19)10-9-14-13-6-2-1-5-12(13)11-21(20)16-8-4-3-7-15(14)16/h1-9H,10-11H2,(H,18,19)/b14-9+/t21-/m1/s1. The highest BCUT2D eigenvalue weighted by molar-refractivity contribution is 7.84. The molecule has 0 unspecified atom stereocenters. The number of carboxylic acid groups (broad SMARTS) is 1. The van der Waals surface area contributed by atoms with Crippen LogP contribution in [-0.2, 0) is 21.3 Å². The van der Waals surface area contributed by atoms with Gasteiger partial charge in [-0.3, -0.25) is 9.00 Å². The summed E-state index contributed by atoms with van der Waals surface area (Å²) in [5.41, 5.74) is 3.68. The summed E-state index contributed by atoms with van der Waals surface area (Å²) in [7, 11) is -1.12. The number of carboxylic acids is 1. The average Bonchev–Trinajstić information content (AvgIpc) is 2.60. The Kier molecular flexibility index (Phi) is 3.71. The Bertz CT molecular complexity index is 762. The van der Waals surface area contributed by atoms with Crippen LogP contribution in [0.4, 0.5) is 0 Å². The maximum absolute atomic E-state index is 12.5. The summed E-state index contributed by atoms with van der Waals surface area (Å²) in [4.78, 5) is 11.7. The molecule has 0 aromatic heterocycles. The SMILES string of the molecule is O=C(O)C/C=C1\c2ccccc2C[S@@](=O)c2ccccc21. The molecule has 4 heteroatoms. The van der Waals surface area contributed by atoms with Crippen LogP contribution in [0.25, 0.3) is 5.57 Å². The summed E-state index contributed by atoms with van der Waals surface area (Å²) < 4.78 is 12.5. The van der Waals surface area contributed by atoms with Crippen molar-refractivity contribution in [3.63, 3.8) is 0 Å². The largest absolute Gasteiger partial charge is 0.481 e. The summed E-state index contributed by atoms with van der Waals surface area (Å²) >= 11 is 0. The first-order valence-corrected chi connectivity index (χ1v) is 7.96. The molecule has 0 aliphatic carbocycles. The number of benzene rings is 2. The minimum atomic E-state index is -1.12. The first-order valence-electron chi connectivity index (χ1n) is 6.65. The van der Waals surface area contributed by atoms with Crippen molar-refractivity contribution in [3.05, 3.63) is 71.3 Å². The van der Waals surface area contributed by atoms with Crippen LogP contribution in [0.15, 0.2) is 59.5 Å². The van der Waals surface area contributed by atoms with Gasteiger partial charge in [-0.2, -0.15) is 0 Å². The van der Waals surface area contributed by atoms with E-state index in [2.05, 4.69) is 0 Å². The number of hydrogen-bond acceptors (Lipinski definition) is 2. The number of rotatable bonds is 2. The van der Waals surface area contributed by atoms with Crippen molar-refractivity contribution >= 4 is 22.3 Å². The van der Waals surface area contributed by atoms with Gasteiger partial charge < -0.3 is 5.11 Å². The Morgan fingerprint density at radius 1 is 1.10 bits per heavy atom. The van der Waals surface area contributed by atoms with Crippen LogP contribution in [0.5, 0.6) is 0 Å². The van der Waals surface area contributed by atoms with Gasteiger partial charge in [0.1, 0.15) is 0 Å². The lowest BCUT2D eigenvalue weighted by Crippen LogP contribution is -1.96. The Hall–Kier alpha value is -2.20. The van der Waals surface area contributed by atoms with Crippen molar-refractivity contribution in [1.29, 1.82) is 0 Å². The van der Waals surface area contributed by atoms with Crippen LogP contribution in [0, 0.1) is 0 Å². The lowest BCUT2D eigenvalue weighted by molar-refractivity contribution is -0.135. The van der Waals surface area contributed by atoms with E-state index in [1.807, 2.05) is 48.5 Å². The lowest BCUT2D eigenvalue weighted by atomic mass is 9.93. The topological polar surface area (TPSA) is 54.4 Å². The zero-order chi connectivity index (χ0) is 14.8. The van der Waals surface area contributed by atoms with E-state index in [1.54, 1.807) is 6.08 Å². The molecule has 0 saturated carbocycles. The Balaban J connectivity index is 2.26. The summed E-state index contributed by atoms with van der Waals surface area (Å²) in [5, 5.41) is 8.96. The molecule has 0 spiro atoms. The zero-order valence-electron chi connectivity index (χ0n) is 11.3. The third-order valence-corrected chi connectivity index (χ3v) is 4.92. The van der Waals surface area contributed by atoms with Gasteiger partial charge in [-0.05, 0) is 28.3 Å². The molecule has 1 atom stereocenters. The second kappa shape index (κ2) is 5.66. The lowest BCUT2D eigenvalue weighted by Gasteiger charge is -2.10. The van der Waals surface area contributed by atoms with Crippen molar-refractivity contribution in [2.75, 3.05) is 0 Å². The van der Waals surface area contributed by atoms with Gasteiger partial charge >= 0.3 is 5.97 Å². The molecule has 0 radical (unpaired) electrons. The Morgan fingerprint density at radius 3 is 2.52 bits per heavy atom. The fourth-order valence-corrected chi connectivity index (χ4v) is 3.91. The van der Waals surface area contributed by atoms with Crippen LogP contribution < -0.4 is 0 Å². The van der Waals surface area contributed by atoms with Crippen molar-refractivity contribution in [2.45, 2.75) is 17.1 Å². The maximum Gasteiger partial charge on any atom is 0.307 e. The second-order valence-electron chi connectivity index (χ2n) is 4.86. The van der Waals surface area contributed by atoms with Gasteiger partial charge in [-0.25, -0.2) is 0 Å². The highest BCUT2D eigenvalue weighted by Gasteiger charge is 2.21. The molecule has 3 nitrogen and oxygen atoms in total. The summed E-state index contributed by atoms with van der Waals surface area (Å²) in [6.45, 7) is 0. The van der Waals surface area contributed by atoms with Crippen molar-refractivity contribution in [1.82, 2.24) is 0 Å². The average molecular weight is 298 g/mol. The molecule has 0 saturated heterocycles. The third-order valence-electron chi connectivity index (χ3n) is 3.50. The molecule has 2 aromatic carbocycles. The highest BCUT2D eigenvalue weighted by Crippen LogP contribution is 2.35. The van der Waals surface area contributed by atoms with E-state index in [4.69, 9.17) is 5.11 Å². The minimum Gasteiger partial charge on any atom is -0.481 e. The van der Waals surface area contributed by atoms with Crippen LogP contribution in [-0.4, -0.2) is 15.3 Å². The number of hydrogen-bond donors (Lipinski definition) is 1. The second-order valence-corrected chi connectivity index (χ2v) is 6.28. The molecular weight excluding hydrogens is 284 g/mol. The molecule has 1 aliphatic rings. The Labute approximate surface area is 125 Å². The smallest absolute Gasteiger partial charge is 0.307 e. The van der Waals surface area contributed by atoms with Gasteiger partial charge in [0, 0.05) is 4.90 Å². The molecule has 106 valence electrons. The maximum atomic E-state index is 12.5. The first kappa shape index (κ1) is 13.8. The van der Waals surface area contributed by atoms with Gasteiger partial charge in [-0.1, -0.05) is 48.5 Å². The minimum absolute atomic E-state index is 0.0510. The molecule has 3 rings (SSSR count). The van der Waals surface area contributed by atoms with E-state index in [0.717, 1.165) is 27.2 Å². The predicted molar refractivity (Wildman–Crippen MR) is 82.3 cm³/mol. The van der Waals surface area contributed by atoms with E-state index in [1.165, 1.54) is 0 Å². The monoisotopic (exact) mass is 298 g/mol. The van der Waals surface area contributed by atoms with Crippen LogP contribution in [0.3, 0.4) is 0 Å². The third kappa shape index (κ3) is 2.67. The molecule has 1 N–H and O–H groups in total. The van der Waals surface area contributed by atoms with E-state index in [0.29, 0.717) is 5.75 Å². The normalized spacial score (nSPS) is 18.7. The van der Waals surface area contributed by atoms with Crippen molar-refractivity contribution in [3.8, 4) is 0 Å². The first-order chi connectivity index (χ1) is 10.2. The molecule has 0 amide bonds. The molecule has 1 aliphatic heterocycles. The predicted octanol–water partition coefficient (Wildman–Crippen LogP) is 3.21. The Morgan fingerprint density at radius 2 is 1.76 bits per heavy atom. The molecule has 0 fully saturated rings. The molecule has 21 heavy (non-hydrogen) atoms. The molecule has 2 aromatic rings. The zero-order valence-corrected chi connectivity index (χ0v) is 12.1. The van der Waals surface area contributed by atoms with Crippen LogP contribution >= 0.6 is 0 Å². The van der Waals surface area contributed by atoms with E-state index in [9.17, 15) is 9.00 Å². The number of carbonyl (C=O) groups is 1. The van der Waals surface area contributed by atoms with Gasteiger partial charge in [0.15, 0.2) is 0 Å². The molecule has 1 heterocycles. The summed E-state index contributed by atoms with van der Waals surface area (Å²) in [6.07, 6.45) is 1.66. The van der Waals surface area contributed by atoms with Gasteiger partial charge in [0.05, 0.1) is 23.0 Å². The van der Waals surface area contributed by atoms with E-state index < -0.39 is 16.8 Å². The number of fused-ring (bicyclic) bond motifs is 2. The number of aliphatic carboxylic acids is 1. The van der Waals surface area contributed by atoms with E-state index in [-0.39, 0.29) is 6.42 Å².